The van der Waals surface area contributed by atoms with Crippen molar-refractivity contribution in [2.75, 3.05) is 0 Å². The molecule has 0 saturated heterocycles. The summed E-state index contributed by atoms with van der Waals surface area (Å²) in [5.74, 6) is 1.21. The maximum absolute atomic E-state index is 4.66. The minimum absolute atomic E-state index is 0.550. The summed E-state index contributed by atoms with van der Waals surface area (Å²) in [6, 6.07) is 2.68. The van der Waals surface area contributed by atoms with Gasteiger partial charge in [0.15, 0.2) is 5.65 Å². The average Bonchev–Trinajstić information content (AvgIpc) is 2.56. The molecule has 78 valence electrons. The van der Waals surface area contributed by atoms with Gasteiger partial charge >= 0.3 is 0 Å². The number of hydrogen-bond acceptors (Lipinski definition) is 2. The van der Waals surface area contributed by atoms with Gasteiger partial charge in [0.25, 0.3) is 0 Å². The van der Waals surface area contributed by atoms with Crippen molar-refractivity contribution in [2.45, 2.75) is 39.2 Å². The van der Waals surface area contributed by atoms with E-state index in [4.69, 9.17) is 0 Å². The molecule has 0 aromatic carbocycles. The molecule has 0 amide bonds. The maximum atomic E-state index is 4.66. The van der Waals surface area contributed by atoms with Gasteiger partial charge in [-0.1, -0.05) is 0 Å². The van der Waals surface area contributed by atoms with E-state index in [1.54, 1.807) is 0 Å². The van der Waals surface area contributed by atoms with Gasteiger partial charge in [-0.3, -0.25) is 0 Å². The van der Waals surface area contributed by atoms with E-state index < -0.39 is 0 Å². The van der Waals surface area contributed by atoms with Gasteiger partial charge in [0, 0.05) is 18.7 Å². The largest absolute Gasteiger partial charge is 0.310 e. The highest BCUT2D eigenvalue weighted by atomic mass is 15.2. The molecular formula is C12H15N3. The minimum Gasteiger partial charge on any atom is -0.310 e. The van der Waals surface area contributed by atoms with Gasteiger partial charge in [-0.2, -0.15) is 0 Å². The molecule has 1 atom stereocenters. The van der Waals surface area contributed by atoms with E-state index in [1.165, 1.54) is 24.2 Å². The summed E-state index contributed by atoms with van der Waals surface area (Å²) in [5.41, 5.74) is 3.30. The van der Waals surface area contributed by atoms with Crippen LogP contribution in [-0.4, -0.2) is 14.5 Å². The monoisotopic (exact) mass is 201 g/mol. The average molecular weight is 201 g/mol. The third-order valence-electron chi connectivity index (χ3n) is 3.20. The van der Waals surface area contributed by atoms with E-state index in [9.17, 15) is 0 Å². The van der Waals surface area contributed by atoms with Crippen LogP contribution in [0.2, 0.25) is 0 Å². The molecule has 2 aromatic rings. The molecule has 0 bridgehead atoms. The van der Waals surface area contributed by atoms with Crippen LogP contribution in [-0.2, 0) is 6.42 Å². The summed E-state index contributed by atoms with van der Waals surface area (Å²) >= 11 is 0. The number of nitrogens with zero attached hydrogens (tertiary/aromatic N) is 3. The fourth-order valence-corrected chi connectivity index (χ4v) is 2.45. The molecule has 0 aliphatic carbocycles. The van der Waals surface area contributed by atoms with Gasteiger partial charge in [-0.05, 0) is 38.3 Å². The van der Waals surface area contributed by atoms with Crippen molar-refractivity contribution in [3.8, 4) is 0 Å². The van der Waals surface area contributed by atoms with E-state index in [0.29, 0.717) is 6.04 Å². The molecule has 0 N–H and O–H groups in total. The Balaban J connectivity index is 2.32. The molecule has 15 heavy (non-hydrogen) atoms. The normalized spacial score (nSPS) is 20.5. The summed E-state index contributed by atoms with van der Waals surface area (Å²) in [4.78, 5) is 9.17. The third kappa shape index (κ3) is 1.26. The van der Waals surface area contributed by atoms with Crippen LogP contribution in [0.15, 0.2) is 12.3 Å². The Morgan fingerprint density at radius 3 is 3.20 bits per heavy atom. The van der Waals surface area contributed by atoms with Gasteiger partial charge in [0.05, 0.1) is 0 Å². The first-order chi connectivity index (χ1) is 7.25. The van der Waals surface area contributed by atoms with Crippen LogP contribution in [0.5, 0.6) is 0 Å². The first kappa shape index (κ1) is 8.89. The van der Waals surface area contributed by atoms with Crippen LogP contribution in [0, 0.1) is 6.92 Å². The number of imidazole rings is 1. The Hall–Kier alpha value is -1.38. The molecule has 1 aliphatic rings. The Bertz CT molecular complexity index is 513. The Morgan fingerprint density at radius 2 is 2.33 bits per heavy atom. The van der Waals surface area contributed by atoms with Crippen molar-refractivity contribution in [1.29, 1.82) is 0 Å². The van der Waals surface area contributed by atoms with Crippen LogP contribution in [0.3, 0.4) is 0 Å². The highest BCUT2D eigenvalue weighted by Gasteiger charge is 2.20. The lowest BCUT2D eigenvalue weighted by Gasteiger charge is -2.21. The molecule has 3 nitrogen and oxygen atoms in total. The van der Waals surface area contributed by atoms with Crippen LogP contribution < -0.4 is 0 Å². The van der Waals surface area contributed by atoms with Crippen molar-refractivity contribution >= 4 is 11.2 Å². The molecule has 2 aromatic heterocycles. The van der Waals surface area contributed by atoms with Crippen LogP contribution in [0.25, 0.3) is 11.2 Å². The second kappa shape index (κ2) is 3.05. The molecule has 0 radical (unpaired) electrons. The smallest absolute Gasteiger partial charge is 0.160 e. The zero-order valence-corrected chi connectivity index (χ0v) is 9.20. The molecule has 3 heteroatoms. The topological polar surface area (TPSA) is 30.7 Å². The number of aromatic nitrogens is 3. The molecule has 3 rings (SSSR count). The standard InChI is InChI=1S/C12H15N3/c1-8-6-10-12(13-7-8)15-9(2)4-3-5-11(15)14-10/h6-7,9H,3-5H2,1-2H3. The van der Waals surface area contributed by atoms with Crippen LogP contribution in [0.4, 0.5) is 0 Å². The molecule has 0 spiro atoms. The van der Waals surface area contributed by atoms with Gasteiger partial charge in [-0.15, -0.1) is 0 Å². The number of rotatable bonds is 0. The van der Waals surface area contributed by atoms with E-state index in [-0.39, 0.29) is 0 Å². The van der Waals surface area contributed by atoms with Crippen molar-refractivity contribution in [2.24, 2.45) is 0 Å². The van der Waals surface area contributed by atoms with Crippen molar-refractivity contribution in [3.63, 3.8) is 0 Å². The summed E-state index contributed by atoms with van der Waals surface area (Å²) in [6.45, 7) is 4.32. The highest BCUT2D eigenvalue weighted by molar-refractivity contribution is 5.72. The lowest BCUT2D eigenvalue weighted by atomic mass is 10.1. The lowest BCUT2D eigenvalue weighted by molar-refractivity contribution is 0.433. The number of pyridine rings is 1. The molecule has 1 unspecified atom stereocenters. The summed E-state index contributed by atoms with van der Waals surface area (Å²) in [6.07, 6.45) is 5.52. The third-order valence-corrected chi connectivity index (χ3v) is 3.20. The summed E-state index contributed by atoms with van der Waals surface area (Å²) < 4.78 is 2.30. The van der Waals surface area contributed by atoms with Gasteiger partial charge < -0.3 is 4.57 Å². The molecular weight excluding hydrogens is 186 g/mol. The molecule has 0 fully saturated rings. The second-order valence-electron chi connectivity index (χ2n) is 4.49. The van der Waals surface area contributed by atoms with E-state index in [0.717, 1.165) is 17.6 Å². The Morgan fingerprint density at radius 1 is 1.47 bits per heavy atom. The predicted molar refractivity (Wildman–Crippen MR) is 59.9 cm³/mol. The Kier molecular flexibility index (Phi) is 1.81. The molecule has 1 aliphatic heterocycles. The zero-order valence-electron chi connectivity index (χ0n) is 9.20. The maximum Gasteiger partial charge on any atom is 0.160 e. The van der Waals surface area contributed by atoms with Gasteiger partial charge in [-0.25, -0.2) is 9.97 Å². The second-order valence-corrected chi connectivity index (χ2v) is 4.49. The fourth-order valence-electron chi connectivity index (χ4n) is 2.45. The molecule has 0 saturated carbocycles. The number of aryl methyl sites for hydroxylation is 2. The van der Waals surface area contributed by atoms with E-state index in [2.05, 4.69) is 34.4 Å². The van der Waals surface area contributed by atoms with Gasteiger partial charge in [0.2, 0.25) is 0 Å². The van der Waals surface area contributed by atoms with Crippen LogP contribution in [0.1, 0.15) is 37.2 Å². The number of hydrogen-bond donors (Lipinski definition) is 0. The zero-order chi connectivity index (χ0) is 10.4. The quantitative estimate of drug-likeness (QED) is 0.656. The van der Waals surface area contributed by atoms with Crippen molar-refractivity contribution in [1.82, 2.24) is 14.5 Å². The van der Waals surface area contributed by atoms with Crippen molar-refractivity contribution in [3.05, 3.63) is 23.7 Å². The summed E-state index contributed by atoms with van der Waals surface area (Å²) in [7, 11) is 0. The highest BCUT2D eigenvalue weighted by Crippen LogP contribution is 2.28. The van der Waals surface area contributed by atoms with Crippen LogP contribution >= 0.6 is 0 Å². The first-order valence-electron chi connectivity index (χ1n) is 5.59. The van der Waals surface area contributed by atoms with Crippen molar-refractivity contribution < 1.29 is 0 Å². The lowest BCUT2D eigenvalue weighted by Crippen LogP contribution is -2.15. The molecule has 3 heterocycles. The minimum atomic E-state index is 0.550. The SMILES string of the molecule is Cc1cnc2c(c1)nc1n2C(C)CCC1. The van der Waals surface area contributed by atoms with E-state index in [1.807, 2.05) is 6.20 Å². The first-order valence-corrected chi connectivity index (χ1v) is 5.59. The summed E-state index contributed by atoms with van der Waals surface area (Å²) in [5, 5.41) is 0. The fraction of sp³-hybridized carbons (Fsp3) is 0.500. The van der Waals surface area contributed by atoms with Gasteiger partial charge in [0.1, 0.15) is 11.3 Å². The predicted octanol–water partition coefficient (Wildman–Crippen LogP) is 2.64. The number of fused-ring (bicyclic) bond motifs is 3. The van der Waals surface area contributed by atoms with E-state index >= 15 is 0 Å². The Labute approximate surface area is 89.2 Å².